The summed E-state index contributed by atoms with van der Waals surface area (Å²) in [5, 5.41) is 2.43. The highest BCUT2D eigenvalue weighted by molar-refractivity contribution is 6.14. The van der Waals surface area contributed by atoms with E-state index in [1.165, 1.54) is 4.90 Å². The fourth-order valence-corrected chi connectivity index (χ4v) is 4.33. The number of aliphatic imine (C=N–C) groups is 1. The standard InChI is InChI=1S/C26H25F6N3O2/c1-2-3-12-35-20-7-5-4-6-18(20)22(15-8-9-15)34-23(24(35)37)33-21(36)13-16-10-11-17(25(27,28)29)14-19(16)26(30,31)32/h4-7,10-11,14-15,23H,2-3,8-9,12-13H2,1H3,(H,33,36). The first kappa shape index (κ1) is 26.7. The second kappa shape index (κ2) is 10.2. The molecule has 1 aliphatic carbocycles. The number of hydrogen-bond acceptors (Lipinski definition) is 3. The predicted molar refractivity (Wildman–Crippen MR) is 125 cm³/mol. The average molecular weight is 525 g/mol. The molecule has 0 bridgehead atoms. The maximum absolute atomic E-state index is 13.5. The molecule has 37 heavy (non-hydrogen) atoms. The van der Waals surface area contributed by atoms with E-state index in [4.69, 9.17) is 0 Å². The Bertz CT molecular complexity index is 1220. The Balaban J connectivity index is 1.64. The molecule has 2 amide bonds. The van der Waals surface area contributed by atoms with Gasteiger partial charge < -0.3 is 10.2 Å². The van der Waals surface area contributed by atoms with Gasteiger partial charge in [-0.1, -0.05) is 37.6 Å². The number of hydrogen-bond donors (Lipinski definition) is 1. The zero-order valence-electron chi connectivity index (χ0n) is 19.9. The summed E-state index contributed by atoms with van der Waals surface area (Å²) in [6.45, 7) is 2.32. The van der Waals surface area contributed by atoms with Gasteiger partial charge in [0.1, 0.15) is 0 Å². The largest absolute Gasteiger partial charge is 0.416 e. The lowest BCUT2D eigenvalue weighted by molar-refractivity contribution is -0.143. The van der Waals surface area contributed by atoms with E-state index in [9.17, 15) is 35.9 Å². The molecule has 2 aliphatic rings. The molecule has 2 aromatic carbocycles. The van der Waals surface area contributed by atoms with Crippen molar-refractivity contribution < 1.29 is 35.9 Å². The molecule has 1 N–H and O–H groups in total. The molecule has 0 saturated heterocycles. The molecule has 0 radical (unpaired) electrons. The summed E-state index contributed by atoms with van der Waals surface area (Å²) in [6, 6.07) is 8.39. The van der Waals surface area contributed by atoms with E-state index < -0.39 is 53.4 Å². The molecule has 1 fully saturated rings. The first-order valence-electron chi connectivity index (χ1n) is 11.9. The molecule has 198 valence electrons. The van der Waals surface area contributed by atoms with Crippen LogP contribution in [0, 0.1) is 5.92 Å². The van der Waals surface area contributed by atoms with Gasteiger partial charge in [-0.15, -0.1) is 0 Å². The van der Waals surface area contributed by atoms with E-state index in [1.807, 2.05) is 19.1 Å². The normalized spacial score (nSPS) is 18.2. The minimum Gasteiger partial charge on any atom is -0.326 e. The van der Waals surface area contributed by atoms with Crippen molar-refractivity contribution >= 4 is 23.2 Å². The number of alkyl halides is 6. The number of anilines is 1. The highest BCUT2D eigenvalue weighted by Gasteiger charge is 2.40. The Kier molecular flexibility index (Phi) is 7.34. The van der Waals surface area contributed by atoms with Gasteiger partial charge >= 0.3 is 12.4 Å². The monoisotopic (exact) mass is 525 g/mol. The number of amides is 2. The SMILES string of the molecule is CCCCN1C(=O)C(NC(=O)Cc2ccc(C(F)(F)F)cc2C(F)(F)F)N=C(C2CC2)c2ccccc21. The van der Waals surface area contributed by atoms with Gasteiger partial charge in [0.15, 0.2) is 0 Å². The minimum atomic E-state index is -5.11. The molecule has 2 aromatic rings. The lowest BCUT2D eigenvalue weighted by Crippen LogP contribution is -2.48. The zero-order valence-corrected chi connectivity index (χ0v) is 19.9. The molecule has 1 saturated carbocycles. The van der Waals surface area contributed by atoms with Crippen LogP contribution in [0.15, 0.2) is 47.5 Å². The highest BCUT2D eigenvalue weighted by atomic mass is 19.4. The number of carbonyl (C=O) groups excluding carboxylic acids is 2. The van der Waals surface area contributed by atoms with Crippen LogP contribution in [0.1, 0.15) is 54.9 Å². The quantitative estimate of drug-likeness (QED) is 0.468. The summed E-state index contributed by atoms with van der Waals surface area (Å²) >= 11 is 0. The zero-order chi connectivity index (χ0) is 27.0. The van der Waals surface area contributed by atoms with E-state index in [-0.39, 0.29) is 12.0 Å². The van der Waals surface area contributed by atoms with E-state index in [0.717, 1.165) is 24.8 Å². The maximum atomic E-state index is 13.5. The number of carbonyl (C=O) groups is 2. The Hall–Kier alpha value is -3.37. The van der Waals surface area contributed by atoms with Crippen LogP contribution in [0.25, 0.3) is 0 Å². The van der Waals surface area contributed by atoms with Gasteiger partial charge in [-0.05, 0) is 43.0 Å². The number of para-hydroxylation sites is 1. The molecular weight excluding hydrogens is 500 g/mol. The van der Waals surface area contributed by atoms with E-state index in [2.05, 4.69) is 10.3 Å². The highest BCUT2D eigenvalue weighted by Crippen LogP contribution is 2.39. The molecule has 5 nitrogen and oxygen atoms in total. The van der Waals surface area contributed by atoms with Crippen LogP contribution in [-0.2, 0) is 28.4 Å². The predicted octanol–water partition coefficient (Wildman–Crippen LogP) is 5.76. The van der Waals surface area contributed by atoms with Crippen LogP contribution in [0.3, 0.4) is 0 Å². The average Bonchev–Trinajstić information content (AvgIpc) is 3.66. The fourth-order valence-electron chi connectivity index (χ4n) is 4.33. The number of benzene rings is 2. The first-order chi connectivity index (χ1) is 17.4. The number of fused-ring (bicyclic) bond motifs is 1. The third kappa shape index (κ3) is 5.97. The van der Waals surface area contributed by atoms with E-state index in [1.54, 1.807) is 12.1 Å². The van der Waals surface area contributed by atoms with Crippen LogP contribution >= 0.6 is 0 Å². The summed E-state index contributed by atoms with van der Waals surface area (Å²) < 4.78 is 79.5. The third-order valence-electron chi connectivity index (χ3n) is 6.33. The van der Waals surface area contributed by atoms with Gasteiger partial charge in [0, 0.05) is 18.0 Å². The van der Waals surface area contributed by atoms with Gasteiger partial charge in [-0.25, -0.2) is 0 Å². The number of halogens is 6. The first-order valence-corrected chi connectivity index (χ1v) is 11.9. The summed E-state index contributed by atoms with van der Waals surface area (Å²) in [5.74, 6) is -1.37. The lowest BCUT2D eigenvalue weighted by Gasteiger charge is -2.25. The smallest absolute Gasteiger partial charge is 0.326 e. The van der Waals surface area contributed by atoms with Crippen molar-refractivity contribution in [2.24, 2.45) is 10.9 Å². The van der Waals surface area contributed by atoms with Crippen molar-refractivity contribution in [2.45, 2.75) is 57.5 Å². The van der Waals surface area contributed by atoms with E-state index in [0.29, 0.717) is 36.5 Å². The van der Waals surface area contributed by atoms with Crippen LogP contribution in [-0.4, -0.2) is 30.2 Å². The second-order valence-electron chi connectivity index (χ2n) is 9.16. The summed E-state index contributed by atoms with van der Waals surface area (Å²) in [6.07, 6.45) is -9.12. The molecule has 11 heteroatoms. The number of rotatable bonds is 7. The van der Waals surface area contributed by atoms with Crippen LogP contribution < -0.4 is 10.2 Å². The number of benzodiazepines with no additional fused rings is 1. The van der Waals surface area contributed by atoms with Crippen LogP contribution in [0.5, 0.6) is 0 Å². The molecule has 0 spiro atoms. The van der Waals surface area contributed by atoms with Crippen LogP contribution in [0.2, 0.25) is 0 Å². The van der Waals surface area contributed by atoms with Gasteiger partial charge in [0.25, 0.3) is 5.91 Å². The van der Waals surface area contributed by atoms with E-state index >= 15 is 0 Å². The summed E-state index contributed by atoms with van der Waals surface area (Å²) in [7, 11) is 0. The van der Waals surface area contributed by atoms with Crippen LogP contribution in [0.4, 0.5) is 32.0 Å². The third-order valence-corrected chi connectivity index (χ3v) is 6.33. The summed E-state index contributed by atoms with van der Waals surface area (Å²) in [4.78, 5) is 32.4. The van der Waals surface area contributed by atoms with Crippen molar-refractivity contribution in [3.8, 4) is 0 Å². The summed E-state index contributed by atoms with van der Waals surface area (Å²) in [5.41, 5.74) is -1.57. The fraction of sp³-hybridized carbons (Fsp3) is 0.423. The Morgan fingerprint density at radius 3 is 2.38 bits per heavy atom. The number of nitrogens with one attached hydrogen (secondary N) is 1. The Morgan fingerprint density at radius 2 is 1.76 bits per heavy atom. The second-order valence-corrected chi connectivity index (χ2v) is 9.16. The topological polar surface area (TPSA) is 61.8 Å². The van der Waals surface area contributed by atoms with Gasteiger partial charge in [-0.3, -0.25) is 14.6 Å². The molecule has 1 unspecified atom stereocenters. The Morgan fingerprint density at radius 1 is 1.05 bits per heavy atom. The lowest BCUT2D eigenvalue weighted by atomic mass is 10.00. The van der Waals surface area contributed by atoms with Gasteiger partial charge in [-0.2, -0.15) is 26.3 Å². The van der Waals surface area contributed by atoms with Crippen molar-refractivity contribution in [3.05, 3.63) is 64.7 Å². The van der Waals surface area contributed by atoms with Crippen molar-refractivity contribution in [1.82, 2.24) is 5.32 Å². The molecule has 4 rings (SSSR count). The minimum absolute atomic E-state index is 0.00805. The molecular formula is C26H25F6N3O2. The maximum Gasteiger partial charge on any atom is 0.416 e. The van der Waals surface area contributed by atoms with Gasteiger partial charge in [0.05, 0.1) is 28.9 Å². The van der Waals surface area contributed by atoms with Crippen molar-refractivity contribution in [1.29, 1.82) is 0 Å². The molecule has 1 heterocycles. The Labute approximate surface area is 209 Å². The molecule has 0 aromatic heterocycles. The molecule has 1 atom stereocenters. The van der Waals surface area contributed by atoms with Crippen molar-refractivity contribution in [2.75, 3.05) is 11.4 Å². The number of nitrogens with zero attached hydrogens (tertiary/aromatic N) is 2. The van der Waals surface area contributed by atoms with Crippen molar-refractivity contribution in [3.63, 3.8) is 0 Å². The molecule has 1 aliphatic heterocycles. The number of unbranched alkanes of at least 4 members (excludes halogenated alkanes) is 1. The van der Waals surface area contributed by atoms with Gasteiger partial charge in [0.2, 0.25) is 12.1 Å².